The van der Waals surface area contributed by atoms with Gasteiger partial charge in [-0.15, -0.1) is 22.7 Å². The number of likely N-dealkylation sites (N-methyl/N-ethyl adjacent to an activating group) is 1. The second-order valence-electron chi connectivity index (χ2n) is 4.60. The zero-order valence-corrected chi connectivity index (χ0v) is 13.3. The second kappa shape index (κ2) is 6.03. The summed E-state index contributed by atoms with van der Waals surface area (Å²) in [4.78, 5) is 5.78. The average molecular weight is 306 g/mol. The van der Waals surface area contributed by atoms with Gasteiger partial charge in [-0.05, 0) is 31.0 Å². The molecule has 0 saturated carbocycles. The van der Waals surface area contributed by atoms with Crippen LogP contribution >= 0.6 is 22.7 Å². The average Bonchev–Trinajstić information content (AvgIpc) is 3.12. The first-order valence-electron chi connectivity index (χ1n) is 6.88. The number of rotatable bonds is 6. The standard InChI is InChI=1S/C14H18N4S2/c1-3-15-10(7-14-16-9-17-18(14)4-2)12-8-13-11(20-12)5-6-19-13/h5-6,8-10,15H,3-4,7H2,1-2H3. The minimum atomic E-state index is 0.319. The van der Waals surface area contributed by atoms with E-state index in [1.165, 1.54) is 14.3 Å². The molecule has 3 rings (SSSR count). The summed E-state index contributed by atoms with van der Waals surface area (Å²) < 4.78 is 4.73. The van der Waals surface area contributed by atoms with Crippen LogP contribution in [0.25, 0.3) is 9.40 Å². The maximum absolute atomic E-state index is 4.40. The van der Waals surface area contributed by atoms with Crippen molar-refractivity contribution in [3.8, 4) is 0 Å². The SMILES string of the molecule is CCNC(Cc1ncnn1CC)c1cc2sccc2s1. The maximum Gasteiger partial charge on any atom is 0.138 e. The van der Waals surface area contributed by atoms with Crippen molar-refractivity contribution >= 4 is 32.1 Å². The van der Waals surface area contributed by atoms with Crippen LogP contribution in [0.5, 0.6) is 0 Å². The summed E-state index contributed by atoms with van der Waals surface area (Å²) in [7, 11) is 0. The van der Waals surface area contributed by atoms with E-state index in [1.807, 2.05) is 27.4 Å². The number of hydrogen-bond acceptors (Lipinski definition) is 5. The topological polar surface area (TPSA) is 42.7 Å². The lowest BCUT2D eigenvalue weighted by molar-refractivity contribution is 0.515. The molecule has 0 aliphatic carbocycles. The fourth-order valence-corrected chi connectivity index (χ4v) is 4.56. The van der Waals surface area contributed by atoms with Gasteiger partial charge in [-0.25, -0.2) is 4.98 Å². The quantitative estimate of drug-likeness (QED) is 0.758. The molecule has 4 nitrogen and oxygen atoms in total. The van der Waals surface area contributed by atoms with Crippen LogP contribution in [0.2, 0.25) is 0 Å². The van der Waals surface area contributed by atoms with Gasteiger partial charge in [0.25, 0.3) is 0 Å². The molecule has 0 fully saturated rings. The maximum atomic E-state index is 4.40. The number of hydrogen-bond donors (Lipinski definition) is 1. The number of aryl methyl sites for hydroxylation is 1. The Hall–Kier alpha value is -1.24. The lowest BCUT2D eigenvalue weighted by atomic mass is 10.1. The van der Waals surface area contributed by atoms with E-state index in [0.29, 0.717) is 6.04 Å². The highest BCUT2D eigenvalue weighted by Gasteiger charge is 2.17. The van der Waals surface area contributed by atoms with Crippen molar-refractivity contribution in [3.63, 3.8) is 0 Å². The van der Waals surface area contributed by atoms with Gasteiger partial charge < -0.3 is 5.32 Å². The molecule has 3 heterocycles. The first-order chi connectivity index (χ1) is 9.81. The number of nitrogens with one attached hydrogen (secondary N) is 1. The largest absolute Gasteiger partial charge is 0.309 e. The summed E-state index contributed by atoms with van der Waals surface area (Å²) in [6.07, 6.45) is 2.53. The van der Waals surface area contributed by atoms with Crippen molar-refractivity contribution in [1.29, 1.82) is 0 Å². The molecule has 1 atom stereocenters. The Morgan fingerprint density at radius 2 is 2.25 bits per heavy atom. The zero-order valence-electron chi connectivity index (χ0n) is 11.7. The molecule has 0 aliphatic heterocycles. The van der Waals surface area contributed by atoms with Crippen LogP contribution in [0.4, 0.5) is 0 Å². The van der Waals surface area contributed by atoms with E-state index in [1.54, 1.807) is 6.33 Å². The molecule has 0 saturated heterocycles. The lowest BCUT2D eigenvalue weighted by Gasteiger charge is -2.16. The number of nitrogens with zero attached hydrogens (tertiary/aromatic N) is 3. The third-order valence-corrected chi connectivity index (χ3v) is 5.54. The first kappa shape index (κ1) is 13.7. The number of aromatic nitrogens is 3. The summed E-state index contributed by atoms with van der Waals surface area (Å²) in [6, 6.07) is 4.83. The second-order valence-corrected chi connectivity index (χ2v) is 6.67. The van der Waals surface area contributed by atoms with Crippen LogP contribution in [0.1, 0.15) is 30.6 Å². The van der Waals surface area contributed by atoms with Crippen LogP contribution in [-0.2, 0) is 13.0 Å². The third-order valence-electron chi connectivity index (χ3n) is 3.33. The van der Waals surface area contributed by atoms with Crippen molar-refractivity contribution in [2.45, 2.75) is 32.9 Å². The lowest BCUT2D eigenvalue weighted by Crippen LogP contribution is -2.23. The smallest absolute Gasteiger partial charge is 0.138 e. The van der Waals surface area contributed by atoms with Crippen LogP contribution in [0.15, 0.2) is 23.8 Å². The first-order valence-corrected chi connectivity index (χ1v) is 8.58. The van der Waals surface area contributed by atoms with Gasteiger partial charge >= 0.3 is 0 Å². The molecule has 3 aromatic rings. The van der Waals surface area contributed by atoms with Crippen molar-refractivity contribution in [1.82, 2.24) is 20.1 Å². The van der Waals surface area contributed by atoms with Gasteiger partial charge in [0.1, 0.15) is 12.2 Å². The van der Waals surface area contributed by atoms with Crippen LogP contribution in [-0.4, -0.2) is 21.3 Å². The summed E-state index contributed by atoms with van der Waals surface area (Å²) in [5, 5.41) is 9.98. The molecular weight excluding hydrogens is 288 g/mol. The Morgan fingerprint density at radius 1 is 1.35 bits per heavy atom. The molecule has 0 aromatic carbocycles. The minimum absolute atomic E-state index is 0.319. The molecule has 6 heteroatoms. The molecule has 0 spiro atoms. The highest BCUT2D eigenvalue weighted by Crippen LogP contribution is 2.34. The Morgan fingerprint density at radius 3 is 3.00 bits per heavy atom. The van der Waals surface area contributed by atoms with Gasteiger partial charge in [-0.2, -0.15) is 5.10 Å². The Labute approximate surface area is 126 Å². The fourth-order valence-electron chi connectivity index (χ4n) is 2.37. The fraction of sp³-hybridized carbons (Fsp3) is 0.429. The zero-order chi connectivity index (χ0) is 13.9. The normalized spacial score (nSPS) is 13.1. The molecule has 0 bridgehead atoms. The molecule has 20 heavy (non-hydrogen) atoms. The highest BCUT2D eigenvalue weighted by molar-refractivity contribution is 7.26. The van der Waals surface area contributed by atoms with Crippen LogP contribution < -0.4 is 5.32 Å². The predicted molar refractivity (Wildman–Crippen MR) is 85.5 cm³/mol. The van der Waals surface area contributed by atoms with Gasteiger partial charge in [-0.3, -0.25) is 4.68 Å². The van der Waals surface area contributed by atoms with E-state index < -0.39 is 0 Å². The van der Waals surface area contributed by atoms with Gasteiger partial charge in [0.05, 0.1) is 0 Å². The Balaban J connectivity index is 1.86. The molecule has 106 valence electrons. The minimum Gasteiger partial charge on any atom is -0.309 e. The number of fused-ring (bicyclic) bond motifs is 1. The molecule has 0 radical (unpaired) electrons. The van der Waals surface area contributed by atoms with Crippen LogP contribution in [0.3, 0.4) is 0 Å². The van der Waals surface area contributed by atoms with Gasteiger partial charge in [-0.1, -0.05) is 6.92 Å². The summed E-state index contributed by atoms with van der Waals surface area (Å²) >= 11 is 3.69. The predicted octanol–water partition coefficient (Wildman–Crippen LogP) is 3.47. The Kier molecular flexibility index (Phi) is 4.14. The van der Waals surface area contributed by atoms with E-state index in [2.05, 4.69) is 46.8 Å². The monoisotopic (exact) mass is 306 g/mol. The van der Waals surface area contributed by atoms with Crippen molar-refractivity contribution in [3.05, 3.63) is 34.5 Å². The molecule has 3 aromatic heterocycles. The summed E-state index contributed by atoms with van der Waals surface area (Å²) in [5.74, 6) is 1.05. The van der Waals surface area contributed by atoms with Gasteiger partial charge in [0, 0.05) is 33.3 Å². The molecule has 0 amide bonds. The third kappa shape index (κ3) is 2.63. The van der Waals surface area contributed by atoms with Gasteiger partial charge in [0.15, 0.2) is 0 Å². The van der Waals surface area contributed by atoms with Crippen molar-refractivity contribution in [2.75, 3.05) is 6.54 Å². The highest BCUT2D eigenvalue weighted by atomic mass is 32.1. The van der Waals surface area contributed by atoms with Gasteiger partial charge in [0.2, 0.25) is 0 Å². The summed E-state index contributed by atoms with van der Waals surface area (Å²) in [5.41, 5.74) is 0. The molecular formula is C14H18N4S2. The van der Waals surface area contributed by atoms with E-state index in [4.69, 9.17) is 0 Å². The summed E-state index contributed by atoms with van der Waals surface area (Å²) in [6.45, 7) is 6.07. The molecule has 0 aliphatic rings. The van der Waals surface area contributed by atoms with E-state index in [-0.39, 0.29) is 0 Å². The van der Waals surface area contributed by atoms with E-state index >= 15 is 0 Å². The van der Waals surface area contributed by atoms with E-state index in [0.717, 1.165) is 25.3 Å². The number of thiophene rings is 2. The molecule has 1 unspecified atom stereocenters. The van der Waals surface area contributed by atoms with Crippen molar-refractivity contribution < 1.29 is 0 Å². The van der Waals surface area contributed by atoms with Crippen LogP contribution in [0, 0.1) is 0 Å². The Bertz CT molecular complexity index is 654. The molecule has 1 N–H and O–H groups in total. The van der Waals surface area contributed by atoms with Crippen molar-refractivity contribution in [2.24, 2.45) is 0 Å². The van der Waals surface area contributed by atoms with E-state index in [9.17, 15) is 0 Å².